The fourth-order valence-corrected chi connectivity index (χ4v) is 3.92. The van der Waals surface area contributed by atoms with E-state index in [4.69, 9.17) is 16.1 Å². The molecule has 0 bridgehead atoms. The number of halogens is 1. The van der Waals surface area contributed by atoms with Gasteiger partial charge in [0.2, 0.25) is 0 Å². The van der Waals surface area contributed by atoms with Gasteiger partial charge in [-0.05, 0) is 55.4 Å². The van der Waals surface area contributed by atoms with Crippen molar-refractivity contribution in [2.24, 2.45) is 0 Å². The third kappa shape index (κ3) is 5.43. The summed E-state index contributed by atoms with van der Waals surface area (Å²) in [5.41, 5.74) is 1.95. The van der Waals surface area contributed by atoms with Crippen LogP contribution < -0.4 is 4.52 Å². The van der Waals surface area contributed by atoms with Crippen molar-refractivity contribution in [1.29, 1.82) is 0 Å². The van der Waals surface area contributed by atoms with Gasteiger partial charge in [-0.2, -0.15) is 0 Å². The van der Waals surface area contributed by atoms with Gasteiger partial charge in [-0.15, -0.1) is 0 Å². The number of hydrogen-bond donors (Lipinski definition) is 1. The molecule has 0 spiro atoms. The first kappa shape index (κ1) is 20.6. The Morgan fingerprint density at radius 2 is 1.75 bits per heavy atom. The highest BCUT2D eigenvalue weighted by Crippen LogP contribution is 2.46. The van der Waals surface area contributed by atoms with Gasteiger partial charge in [-0.25, -0.2) is 9.24 Å². The van der Waals surface area contributed by atoms with Crippen LogP contribution in [0.5, 0.6) is 5.75 Å². The molecule has 0 aliphatic carbocycles. The van der Waals surface area contributed by atoms with Gasteiger partial charge in [-0.3, -0.25) is 4.98 Å². The molecule has 0 amide bonds. The zero-order chi connectivity index (χ0) is 20.0. The first-order chi connectivity index (χ1) is 13.5. The molecule has 146 valence electrons. The molecule has 0 radical (unpaired) electrons. The molecule has 2 aromatic carbocycles. The number of aromatic nitrogens is 1. The van der Waals surface area contributed by atoms with Crippen LogP contribution in [-0.2, 0) is 4.57 Å². The molecule has 0 saturated carbocycles. The molecule has 0 fully saturated rings. The van der Waals surface area contributed by atoms with Crippen molar-refractivity contribution < 1.29 is 14.0 Å². The maximum Gasteiger partial charge on any atom is 0.458 e. The minimum absolute atomic E-state index is 0.0300. The molecule has 0 saturated heterocycles. The smallest absolute Gasteiger partial charge is 0.413 e. The zero-order valence-corrected chi connectivity index (χ0v) is 17.1. The predicted molar refractivity (Wildman–Crippen MR) is 112 cm³/mol. The van der Waals surface area contributed by atoms with Crippen LogP contribution in [0.2, 0.25) is 5.02 Å². The van der Waals surface area contributed by atoms with Crippen LogP contribution in [0.3, 0.4) is 0 Å². The lowest BCUT2D eigenvalue weighted by Gasteiger charge is -2.25. The van der Waals surface area contributed by atoms with E-state index >= 15 is 0 Å². The van der Waals surface area contributed by atoms with Gasteiger partial charge in [0.1, 0.15) is 5.75 Å². The van der Waals surface area contributed by atoms with E-state index in [9.17, 15) is 9.46 Å². The van der Waals surface area contributed by atoms with E-state index in [0.717, 1.165) is 11.3 Å². The Balaban J connectivity index is 1.74. The van der Waals surface area contributed by atoms with Crippen molar-refractivity contribution in [3.8, 4) is 5.75 Å². The summed E-state index contributed by atoms with van der Waals surface area (Å²) in [7, 11) is -2.38. The lowest BCUT2D eigenvalue weighted by Crippen LogP contribution is -2.21. The lowest BCUT2D eigenvalue weighted by atomic mass is 9.92. The molecule has 2 unspecified atom stereocenters. The van der Waals surface area contributed by atoms with Gasteiger partial charge in [-0.1, -0.05) is 48.0 Å². The number of hydrogen-bond acceptors (Lipinski definition) is 3. The molecular formula is C21H22ClN2O3P. The van der Waals surface area contributed by atoms with Crippen molar-refractivity contribution in [1.82, 2.24) is 9.65 Å². The number of benzene rings is 2. The zero-order valence-electron chi connectivity index (χ0n) is 15.5. The van der Waals surface area contributed by atoms with Crippen molar-refractivity contribution in [3.05, 3.63) is 95.3 Å². The summed E-state index contributed by atoms with van der Waals surface area (Å²) in [6.45, 7) is 0.352. The number of pyridine rings is 1. The van der Waals surface area contributed by atoms with E-state index in [1.54, 1.807) is 37.5 Å². The maximum absolute atomic E-state index is 12.6. The molecule has 2 atom stereocenters. The average molecular weight is 417 g/mol. The summed E-state index contributed by atoms with van der Waals surface area (Å²) in [5, 5.41) is 0.664. The largest absolute Gasteiger partial charge is 0.458 e. The van der Waals surface area contributed by atoms with E-state index in [-0.39, 0.29) is 5.92 Å². The molecule has 1 aromatic heterocycles. The predicted octanol–water partition coefficient (Wildman–Crippen LogP) is 5.37. The highest BCUT2D eigenvalue weighted by Gasteiger charge is 2.29. The standard InChI is InChI=1S/C21H22ClN2O3P/c1-24(28(25,26)27-19-7-3-2-4-8-19)16-14-20(21-9-5-6-15-23-21)17-10-12-18(22)13-11-17/h2-13,15,20H,14,16H2,1H3,(H,25,26). The molecule has 5 nitrogen and oxygen atoms in total. The van der Waals surface area contributed by atoms with Crippen LogP contribution in [-0.4, -0.2) is 28.1 Å². The van der Waals surface area contributed by atoms with E-state index < -0.39 is 7.75 Å². The fraction of sp³-hybridized carbons (Fsp3) is 0.190. The third-order valence-corrected chi connectivity index (χ3v) is 6.22. The number of nitrogens with zero attached hydrogens (tertiary/aromatic N) is 2. The van der Waals surface area contributed by atoms with Crippen LogP contribution in [0.25, 0.3) is 0 Å². The van der Waals surface area contributed by atoms with Gasteiger partial charge in [0.15, 0.2) is 0 Å². The van der Waals surface area contributed by atoms with Gasteiger partial charge in [0.25, 0.3) is 0 Å². The summed E-state index contributed by atoms with van der Waals surface area (Å²) in [6, 6.07) is 22.0. The Kier molecular flexibility index (Phi) is 6.87. The van der Waals surface area contributed by atoms with Crippen LogP contribution >= 0.6 is 19.3 Å². The summed E-state index contributed by atoms with van der Waals surface area (Å²) >= 11 is 6.02. The first-order valence-electron chi connectivity index (χ1n) is 8.91. The molecule has 3 rings (SSSR count). The van der Waals surface area contributed by atoms with Gasteiger partial charge < -0.3 is 9.42 Å². The monoisotopic (exact) mass is 416 g/mol. The second kappa shape index (κ2) is 9.35. The Morgan fingerprint density at radius 3 is 2.39 bits per heavy atom. The molecule has 0 aliphatic rings. The van der Waals surface area contributed by atoms with E-state index in [1.165, 1.54) is 4.67 Å². The van der Waals surface area contributed by atoms with Gasteiger partial charge >= 0.3 is 7.75 Å². The Bertz CT molecular complexity index is 923. The van der Waals surface area contributed by atoms with E-state index in [1.807, 2.05) is 48.5 Å². The van der Waals surface area contributed by atoms with Crippen molar-refractivity contribution in [2.45, 2.75) is 12.3 Å². The van der Waals surface area contributed by atoms with E-state index in [2.05, 4.69) is 4.98 Å². The quantitative estimate of drug-likeness (QED) is 0.500. The third-order valence-electron chi connectivity index (χ3n) is 4.46. The lowest BCUT2D eigenvalue weighted by molar-refractivity contribution is 0.295. The minimum atomic E-state index is -3.96. The Morgan fingerprint density at radius 1 is 1.07 bits per heavy atom. The molecule has 0 aliphatic heterocycles. The highest BCUT2D eigenvalue weighted by molar-refractivity contribution is 7.50. The normalized spacial score (nSPS) is 14.4. The van der Waals surface area contributed by atoms with Gasteiger partial charge in [0.05, 0.1) is 0 Å². The summed E-state index contributed by atoms with van der Waals surface area (Å²) in [5.74, 6) is 0.330. The van der Waals surface area contributed by atoms with Crippen molar-refractivity contribution in [3.63, 3.8) is 0 Å². The Labute approximate surface area is 170 Å². The fourth-order valence-electron chi connectivity index (χ4n) is 2.89. The van der Waals surface area contributed by atoms with Gasteiger partial charge in [0, 0.05) is 29.4 Å². The highest BCUT2D eigenvalue weighted by atomic mass is 35.5. The maximum atomic E-state index is 12.6. The molecule has 7 heteroatoms. The topological polar surface area (TPSA) is 62.7 Å². The molecule has 3 aromatic rings. The second-order valence-corrected chi connectivity index (χ2v) is 8.71. The van der Waals surface area contributed by atoms with Crippen LogP contribution in [0.4, 0.5) is 0 Å². The van der Waals surface area contributed by atoms with Crippen molar-refractivity contribution >= 4 is 19.3 Å². The summed E-state index contributed by atoms with van der Waals surface area (Å²) in [4.78, 5) is 14.8. The Hall–Kier alpha value is -2.17. The second-order valence-electron chi connectivity index (χ2n) is 6.42. The minimum Gasteiger partial charge on any atom is -0.413 e. The number of para-hydroxylation sites is 1. The summed E-state index contributed by atoms with van der Waals surface area (Å²) < 4.78 is 19.3. The van der Waals surface area contributed by atoms with Crippen LogP contribution in [0, 0.1) is 0 Å². The molecular weight excluding hydrogens is 395 g/mol. The van der Waals surface area contributed by atoms with Crippen LogP contribution in [0.1, 0.15) is 23.6 Å². The van der Waals surface area contributed by atoms with E-state index in [0.29, 0.717) is 23.7 Å². The first-order valence-corrected chi connectivity index (χ1v) is 10.8. The summed E-state index contributed by atoms with van der Waals surface area (Å²) in [6.07, 6.45) is 2.34. The molecule has 1 N–H and O–H groups in total. The average Bonchev–Trinajstić information content (AvgIpc) is 2.70. The SMILES string of the molecule is CN(CCC(c1ccc(Cl)cc1)c1ccccn1)P(=O)(O)Oc1ccccc1. The number of rotatable bonds is 8. The molecule has 28 heavy (non-hydrogen) atoms. The molecule has 1 heterocycles. The van der Waals surface area contributed by atoms with Crippen molar-refractivity contribution in [2.75, 3.05) is 13.6 Å². The van der Waals surface area contributed by atoms with Crippen LogP contribution in [0.15, 0.2) is 79.0 Å².